The van der Waals surface area contributed by atoms with Crippen LogP contribution in [-0.2, 0) is 0 Å². The average Bonchev–Trinajstić information content (AvgIpc) is 3.33. The highest BCUT2D eigenvalue weighted by molar-refractivity contribution is 6.30. The highest BCUT2D eigenvalue weighted by Gasteiger charge is 2.42. The van der Waals surface area contributed by atoms with E-state index in [0.29, 0.717) is 29.3 Å². The van der Waals surface area contributed by atoms with Crippen LogP contribution in [-0.4, -0.2) is 38.1 Å². The van der Waals surface area contributed by atoms with Crippen LogP contribution in [0.2, 0.25) is 5.02 Å². The van der Waals surface area contributed by atoms with Crippen molar-refractivity contribution >= 4 is 29.4 Å². The molecule has 0 spiro atoms. The number of anilines is 2. The van der Waals surface area contributed by atoms with Gasteiger partial charge in [-0.05, 0) is 56.0 Å². The van der Waals surface area contributed by atoms with E-state index in [2.05, 4.69) is 25.6 Å². The van der Waals surface area contributed by atoms with Gasteiger partial charge in [0.15, 0.2) is 0 Å². The zero-order valence-electron chi connectivity index (χ0n) is 16.5. The maximum Gasteiger partial charge on any atom is 0.323 e. The van der Waals surface area contributed by atoms with Gasteiger partial charge in [0.05, 0.1) is 24.1 Å². The molecule has 30 heavy (non-hydrogen) atoms. The molecule has 9 heteroatoms. The lowest BCUT2D eigenvalue weighted by molar-refractivity contribution is 0.251. The first-order chi connectivity index (χ1) is 14.6. The number of aromatic nitrogens is 4. The van der Waals surface area contributed by atoms with Crippen molar-refractivity contribution in [3.05, 3.63) is 59.8 Å². The summed E-state index contributed by atoms with van der Waals surface area (Å²) in [7, 11) is 0. The fourth-order valence-corrected chi connectivity index (χ4v) is 3.91. The van der Waals surface area contributed by atoms with Crippen LogP contribution in [0.25, 0.3) is 5.69 Å². The number of imidazole rings is 1. The minimum atomic E-state index is -0.111. The molecular weight excluding hydrogens is 402 g/mol. The summed E-state index contributed by atoms with van der Waals surface area (Å²) in [5.41, 5.74) is 1.84. The van der Waals surface area contributed by atoms with Crippen molar-refractivity contribution in [2.75, 3.05) is 16.8 Å². The number of carbonyl (C=O) groups excluding carboxylic acids is 1. The van der Waals surface area contributed by atoms with Crippen LogP contribution < -0.4 is 15.5 Å². The van der Waals surface area contributed by atoms with Crippen molar-refractivity contribution in [2.45, 2.75) is 31.8 Å². The van der Waals surface area contributed by atoms with Crippen LogP contribution in [0.5, 0.6) is 0 Å². The maximum absolute atomic E-state index is 12.3. The van der Waals surface area contributed by atoms with Gasteiger partial charge < -0.3 is 15.2 Å². The Bertz CT molecular complexity index is 1060. The number of nitrogens with zero attached hydrogens (tertiary/aromatic N) is 5. The molecule has 2 fully saturated rings. The summed E-state index contributed by atoms with van der Waals surface area (Å²) < 4.78 is 1.94. The molecule has 1 aromatic carbocycles. The van der Waals surface area contributed by atoms with Gasteiger partial charge in [-0.3, -0.25) is 4.90 Å². The summed E-state index contributed by atoms with van der Waals surface area (Å²) in [6.07, 6.45) is 7.74. The quantitative estimate of drug-likeness (QED) is 0.629. The fourth-order valence-electron chi connectivity index (χ4n) is 3.79. The average molecular weight is 424 g/mol. The van der Waals surface area contributed by atoms with E-state index < -0.39 is 0 Å². The van der Waals surface area contributed by atoms with Crippen molar-refractivity contribution in [1.29, 1.82) is 0 Å². The van der Waals surface area contributed by atoms with Crippen LogP contribution in [0.4, 0.5) is 16.6 Å². The zero-order valence-corrected chi connectivity index (χ0v) is 17.3. The van der Waals surface area contributed by atoms with Gasteiger partial charge in [-0.2, -0.15) is 4.98 Å². The smallest absolute Gasteiger partial charge is 0.323 e. The molecule has 154 valence electrons. The van der Waals surface area contributed by atoms with E-state index in [1.54, 1.807) is 23.5 Å². The molecule has 1 saturated carbocycles. The van der Waals surface area contributed by atoms with E-state index in [1.165, 1.54) is 12.8 Å². The number of benzene rings is 1. The molecule has 3 aromatic rings. The molecule has 2 N–H and O–H groups in total. The van der Waals surface area contributed by atoms with E-state index in [0.717, 1.165) is 11.4 Å². The lowest BCUT2D eigenvalue weighted by Gasteiger charge is -2.22. The second-order valence-electron chi connectivity index (χ2n) is 7.75. The Kier molecular flexibility index (Phi) is 4.78. The van der Waals surface area contributed by atoms with Crippen molar-refractivity contribution in [1.82, 2.24) is 24.8 Å². The van der Waals surface area contributed by atoms with Gasteiger partial charge in [0.2, 0.25) is 5.95 Å². The molecule has 1 aliphatic heterocycles. The lowest BCUT2D eigenvalue weighted by Crippen LogP contribution is -2.36. The second kappa shape index (κ2) is 7.60. The maximum atomic E-state index is 12.3. The van der Waals surface area contributed by atoms with Crippen LogP contribution in [0.15, 0.2) is 49.1 Å². The second-order valence-corrected chi connectivity index (χ2v) is 8.18. The lowest BCUT2D eigenvalue weighted by atomic mass is 10.2. The normalized spacial score (nSPS) is 19.6. The van der Waals surface area contributed by atoms with E-state index in [4.69, 9.17) is 11.6 Å². The molecule has 0 unspecified atom stereocenters. The minimum Gasteiger partial charge on any atom is -0.346 e. The Morgan fingerprint density at radius 3 is 2.77 bits per heavy atom. The van der Waals surface area contributed by atoms with Gasteiger partial charge >= 0.3 is 6.03 Å². The van der Waals surface area contributed by atoms with Gasteiger partial charge in [0.1, 0.15) is 5.82 Å². The first-order valence-electron chi connectivity index (χ1n) is 10.0. The number of urea groups is 1. The largest absolute Gasteiger partial charge is 0.346 e. The number of nitrogens with one attached hydrogen (secondary N) is 2. The van der Waals surface area contributed by atoms with Crippen molar-refractivity contribution in [2.24, 2.45) is 5.92 Å². The van der Waals surface area contributed by atoms with Crippen molar-refractivity contribution in [3.63, 3.8) is 0 Å². The zero-order chi connectivity index (χ0) is 20.7. The van der Waals surface area contributed by atoms with Crippen LogP contribution in [0.3, 0.4) is 0 Å². The number of hydrogen-bond acceptors (Lipinski definition) is 5. The summed E-state index contributed by atoms with van der Waals surface area (Å²) in [6.45, 7) is 2.68. The highest BCUT2D eigenvalue weighted by atomic mass is 35.5. The monoisotopic (exact) mass is 423 g/mol. The predicted molar refractivity (Wildman–Crippen MR) is 115 cm³/mol. The third-order valence-corrected chi connectivity index (χ3v) is 5.84. The molecule has 5 rings (SSSR count). The molecule has 1 aliphatic carbocycles. The summed E-state index contributed by atoms with van der Waals surface area (Å²) in [5.74, 6) is 1.65. The molecule has 0 radical (unpaired) electrons. The fraction of sp³-hybridized carbons (Fsp3) is 0.333. The van der Waals surface area contributed by atoms with Crippen LogP contribution >= 0.6 is 11.6 Å². The molecule has 2 amide bonds. The van der Waals surface area contributed by atoms with Crippen molar-refractivity contribution < 1.29 is 4.79 Å². The third kappa shape index (κ3) is 3.70. The number of rotatable bonds is 6. The van der Waals surface area contributed by atoms with E-state index >= 15 is 0 Å². The van der Waals surface area contributed by atoms with Crippen molar-refractivity contribution in [3.8, 4) is 5.69 Å². The summed E-state index contributed by atoms with van der Waals surface area (Å²) in [4.78, 5) is 27.5. The molecule has 2 atom stereocenters. The topological polar surface area (TPSA) is 88.0 Å². The third-order valence-electron chi connectivity index (χ3n) is 5.58. The Balaban J connectivity index is 1.32. The first kappa shape index (κ1) is 18.9. The first-order valence-corrected chi connectivity index (χ1v) is 10.4. The minimum absolute atomic E-state index is 0.0914. The molecule has 2 aliphatic rings. The van der Waals surface area contributed by atoms with Crippen LogP contribution in [0, 0.1) is 5.92 Å². The van der Waals surface area contributed by atoms with Gasteiger partial charge in [-0.15, -0.1) is 0 Å². The number of carbonyl (C=O) groups is 1. The Labute approximate surface area is 179 Å². The van der Waals surface area contributed by atoms with Gasteiger partial charge in [0, 0.05) is 29.6 Å². The molecule has 1 saturated heterocycles. The Morgan fingerprint density at radius 1 is 1.20 bits per heavy atom. The van der Waals surface area contributed by atoms with Gasteiger partial charge in [0.25, 0.3) is 0 Å². The number of amides is 2. The Morgan fingerprint density at radius 2 is 2.00 bits per heavy atom. The number of hydrogen-bond donors (Lipinski definition) is 2. The molecular formula is C21H22ClN7O. The summed E-state index contributed by atoms with van der Waals surface area (Å²) >= 11 is 5.97. The Hall–Kier alpha value is -3.13. The number of halogens is 1. The SMILES string of the molecule is C[C@H](Nc1nccc(N2C(=O)NC[C@@H]2C2CC2)n1)c1cn(-c2ccc(Cl)cc2)cn1. The molecule has 0 bridgehead atoms. The van der Waals surface area contributed by atoms with Gasteiger partial charge in [-0.25, -0.2) is 14.8 Å². The molecule has 8 nitrogen and oxygen atoms in total. The summed E-state index contributed by atoms with van der Waals surface area (Å²) in [5, 5.41) is 6.92. The molecule has 3 heterocycles. The highest BCUT2D eigenvalue weighted by Crippen LogP contribution is 2.38. The van der Waals surface area contributed by atoms with E-state index in [-0.39, 0.29) is 18.1 Å². The van der Waals surface area contributed by atoms with Crippen LogP contribution in [0.1, 0.15) is 31.5 Å². The standard InChI is InChI=1S/C21H22ClN7O/c1-13(17-11-28(12-25-17)16-6-4-15(22)5-7-16)26-20-23-9-8-19(27-20)29-18(14-2-3-14)10-24-21(29)30/h4-9,11-14,18H,2-3,10H2,1H3,(H,24,30)(H,23,26,27)/t13-,18+/m0/s1. The van der Waals surface area contributed by atoms with E-state index in [9.17, 15) is 4.79 Å². The summed E-state index contributed by atoms with van der Waals surface area (Å²) in [6, 6.07) is 9.33. The van der Waals surface area contributed by atoms with Gasteiger partial charge in [-0.1, -0.05) is 11.6 Å². The molecule has 2 aromatic heterocycles. The van der Waals surface area contributed by atoms with E-state index in [1.807, 2.05) is 42.0 Å². The predicted octanol–water partition coefficient (Wildman–Crippen LogP) is 3.80.